The smallest absolute Gasteiger partial charge is 0.174 e. The normalized spacial score (nSPS) is 21.5. The molecule has 2 aromatic heterocycles. The van der Waals surface area contributed by atoms with E-state index in [1.54, 1.807) is 11.3 Å². The summed E-state index contributed by atoms with van der Waals surface area (Å²) in [5, 5.41) is 15.0. The first-order valence-electron chi connectivity index (χ1n) is 8.59. The number of tetrazole rings is 1. The fourth-order valence-corrected chi connectivity index (χ4v) is 4.18. The minimum atomic E-state index is -0.0737. The molecule has 2 atom stereocenters. The summed E-state index contributed by atoms with van der Waals surface area (Å²) < 4.78 is 2.04. The maximum absolute atomic E-state index is 4.45. The lowest BCUT2D eigenvalue weighted by Gasteiger charge is -2.37. The van der Waals surface area contributed by atoms with Gasteiger partial charge in [0.05, 0.1) is 5.54 Å². The lowest BCUT2D eigenvalue weighted by Crippen LogP contribution is -2.40. The van der Waals surface area contributed by atoms with E-state index in [2.05, 4.69) is 65.6 Å². The number of rotatable bonds is 5. The van der Waals surface area contributed by atoms with Crippen LogP contribution in [0.25, 0.3) is 0 Å². The van der Waals surface area contributed by atoms with E-state index >= 15 is 0 Å². The largest absolute Gasteiger partial charge is 0.289 e. The Balaban J connectivity index is 2.02. The number of hydrogen-bond acceptors (Lipinski definition) is 5. The van der Waals surface area contributed by atoms with Crippen molar-refractivity contribution in [1.82, 2.24) is 25.1 Å². The molecule has 2 aromatic rings. The SMILES string of the molecule is CCC(C)(C)n1nnnc1[C@@H](c1cccs1)N1CCC[C@@H](C)C1. The number of nitrogens with zero attached hydrogens (tertiary/aromatic N) is 5. The van der Waals surface area contributed by atoms with E-state index in [0.717, 1.165) is 31.3 Å². The van der Waals surface area contributed by atoms with Crippen LogP contribution in [0.1, 0.15) is 63.7 Å². The fourth-order valence-electron chi connectivity index (χ4n) is 3.32. The van der Waals surface area contributed by atoms with Crippen LogP contribution >= 0.6 is 11.3 Å². The predicted molar refractivity (Wildman–Crippen MR) is 93.6 cm³/mol. The van der Waals surface area contributed by atoms with Gasteiger partial charge in [0.1, 0.15) is 6.04 Å². The van der Waals surface area contributed by atoms with Gasteiger partial charge in [-0.3, -0.25) is 4.90 Å². The van der Waals surface area contributed by atoms with Gasteiger partial charge in [-0.2, -0.15) is 0 Å². The second-order valence-electron chi connectivity index (χ2n) is 7.28. The molecule has 0 spiro atoms. The second kappa shape index (κ2) is 6.69. The summed E-state index contributed by atoms with van der Waals surface area (Å²) in [5.74, 6) is 1.71. The van der Waals surface area contributed by atoms with Gasteiger partial charge in [-0.25, -0.2) is 4.68 Å². The number of aromatic nitrogens is 4. The van der Waals surface area contributed by atoms with Crippen molar-refractivity contribution < 1.29 is 0 Å². The molecule has 6 heteroatoms. The van der Waals surface area contributed by atoms with Gasteiger partial charge in [0.25, 0.3) is 0 Å². The van der Waals surface area contributed by atoms with Crippen molar-refractivity contribution in [3.8, 4) is 0 Å². The second-order valence-corrected chi connectivity index (χ2v) is 8.25. The minimum absolute atomic E-state index is 0.0737. The highest BCUT2D eigenvalue weighted by atomic mass is 32.1. The van der Waals surface area contributed by atoms with E-state index in [4.69, 9.17) is 0 Å². The Kier molecular flexibility index (Phi) is 4.82. The lowest BCUT2D eigenvalue weighted by molar-refractivity contribution is 0.137. The Labute approximate surface area is 142 Å². The summed E-state index contributed by atoms with van der Waals surface area (Å²) in [7, 11) is 0. The predicted octanol–water partition coefficient (Wildman–Crippen LogP) is 3.70. The highest BCUT2D eigenvalue weighted by Gasteiger charge is 2.34. The molecule has 0 bridgehead atoms. The molecule has 1 fully saturated rings. The molecule has 0 N–H and O–H groups in total. The van der Waals surface area contributed by atoms with E-state index in [1.807, 2.05) is 4.68 Å². The lowest BCUT2D eigenvalue weighted by atomic mass is 9.97. The summed E-state index contributed by atoms with van der Waals surface area (Å²) >= 11 is 1.80. The van der Waals surface area contributed by atoms with Crippen LogP contribution in [-0.4, -0.2) is 38.2 Å². The zero-order valence-electron chi connectivity index (χ0n) is 14.6. The van der Waals surface area contributed by atoms with Gasteiger partial charge in [-0.15, -0.1) is 16.4 Å². The van der Waals surface area contributed by atoms with Gasteiger partial charge in [0.15, 0.2) is 5.82 Å². The number of hydrogen-bond donors (Lipinski definition) is 0. The first-order chi connectivity index (χ1) is 11.0. The molecule has 0 aliphatic carbocycles. The van der Waals surface area contributed by atoms with Crippen LogP contribution in [0.5, 0.6) is 0 Å². The molecule has 0 amide bonds. The third-order valence-corrected chi connectivity index (χ3v) is 5.97. The quantitative estimate of drug-likeness (QED) is 0.837. The monoisotopic (exact) mass is 333 g/mol. The van der Waals surface area contributed by atoms with E-state index in [0.29, 0.717) is 0 Å². The molecule has 0 radical (unpaired) electrons. The van der Waals surface area contributed by atoms with Crippen LogP contribution in [0, 0.1) is 5.92 Å². The third kappa shape index (κ3) is 3.33. The highest BCUT2D eigenvalue weighted by molar-refractivity contribution is 7.10. The van der Waals surface area contributed by atoms with Crippen LogP contribution < -0.4 is 0 Å². The van der Waals surface area contributed by atoms with Crippen LogP contribution in [-0.2, 0) is 5.54 Å². The average Bonchev–Trinajstić information content (AvgIpc) is 3.20. The van der Waals surface area contributed by atoms with Crippen LogP contribution in [0.2, 0.25) is 0 Å². The maximum Gasteiger partial charge on any atom is 0.174 e. The van der Waals surface area contributed by atoms with E-state index in [1.165, 1.54) is 17.7 Å². The van der Waals surface area contributed by atoms with Gasteiger partial charge in [-0.05, 0) is 67.4 Å². The molecular formula is C17H27N5S. The number of thiophene rings is 1. The molecule has 3 rings (SSSR count). The molecule has 23 heavy (non-hydrogen) atoms. The van der Waals surface area contributed by atoms with Gasteiger partial charge >= 0.3 is 0 Å². The molecule has 3 heterocycles. The topological polar surface area (TPSA) is 46.8 Å². The van der Waals surface area contributed by atoms with Crippen molar-refractivity contribution in [2.24, 2.45) is 5.92 Å². The van der Waals surface area contributed by atoms with Gasteiger partial charge in [-0.1, -0.05) is 19.9 Å². The minimum Gasteiger partial charge on any atom is -0.289 e. The Morgan fingerprint density at radius 1 is 1.43 bits per heavy atom. The van der Waals surface area contributed by atoms with Gasteiger partial charge in [0, 0.05) is 11.4 Å². The van der Waals surface area contributed by atoms with Crippen LogP contribution in [0.15, 0.2) is 17.5 Å². The first kappa shape index (κ1) is 16.6. The van der Waals surface area contributed by atoms with Gasteiger partial charge in [0.2, 0.25) is 0 Å². The molecule has 126 valence electrons. The maximum atomic E-state index is 4.45. The Morgan fingerprint density at radius 2 is 2.26 bits per heavy atom. The highest BCUT2D eigenvalue weighted by Crippen LogP contribution is 2.35. The van der Waals surface area contributed by atoms with Crippen LogP contribution in [0.4, 0.5) is 0 Å². The Morgan fingerprint density at radius 3 is 2.91 bits per heavy atom. The van der Waals surface area contributed by atoms with E-state index in [-0.39, 0.29) is 11.6 Å². The summed E-state index contributed by atoms with van der Waals surface area (Å²) in [6, 6.07) is 4.50. The zero-order valence-corrected chi connectivity index (χ0v) is 15.4. The van der Waals surface area contributed by atoms with Crippen molar-refractivity contribution in [3.05, 3.63) is 28.2 Å². The molecule has 0 aromatic carbocycles. The van der Waals surface area contributed by atoms with Crippen molar-refractivity contribution in [3.63, 3.8) is 0 Å². The van der Waals surface area contributed by atoms with E-state index < -0.39 is 0 Å². The summed E-state index contributed by atoms with van der Waals surface area (Å²) in [5.41, 5.74) is -0.0737. The molecule has 5 nitrogen and oxygen atoms in total. The third-order valence-electron chi connectivity index (χ3n) is 5.04. The number of piperidine rings is 1. The molecule has 1 aliphatic heterocycles. The average molecular weight is 334 g/mol. The Hall–Kier alpha value is -1.27. The first-order valence-corrected chi connectivity index (χ1v) is 9.47. The van der Waals surface area contributed by atoms with Crippen LogP contribution in [0.3, 0.4) is 0 Å². The van der Waals surface area contributed by atoms with Crippen molar-refractivity contribution in [2.45, 2.75) is 58.5 Å². The van der Waals surface area contributed by atoms with Crippen molar-refractivity contribution in [2.75, 3.05) is 13.1 Å². The summed E-state index contributed by atoms with van der Waals surface area (Å²) in [6.07, 6.45) is 3.57. The van der Waals surface area contributed by atoms with Crippen molar-refractivity contribution in [1.29, 1.82) is 0 Å². The fraction of sp³-hybridized carbons (Fsp3) is 0.706. The van der Waals surface area contributed by atoms with Crippen molar-refractivity contribution >= 4 is 11.3 Å². The summed E-state index contributed by atoms with van der Waals surface area (Å²) in [4.78, 5) is 3.90. The zero-order chi connectivity index (χ0) is 16.4. The molecule has 1 aliphatic rings. The standard InChI is InChI=1S/C17H27N5S/c1-5-17(3,4)22-16(18-19-20-22)15(14-9-7-11-23-14)21-10-6-8-13(2)12-21/h7,9,11,13,15H,5-6,8,10,12H2,1-4H3/t13-,15-/m1/s1. The number of likely N-dealkylation sites (tertiary alicyclic amines) is 1. The van der Waals surface area contributed by atoms with E-state index in [9.17, 15) is 0 Å². The molecule has 0 saturated carbocycles. The molecule has 0 unspecified atom stereocenters. The molecule has 1 saturated heterocycles. The van der Waals surface area contributed by atoms with Gasteiger partial charge < -0.3 is 0 Å². The summed E-state index contributed by atoms with van der Waals surface area (Å²) in [6.45, 7) is 11.2. The Bertz CT molecular complexity index is 619. The molecular weight excluding hydrogens is 306 g/mol.